The van der Waals surface area contributed by atoms with Crippen LogP contribution in [0.1, 0.15) is 18.9 Å². The van der Waals surface area contributed by atoms with Crippen molar-refractivity contribution in [1.29, 1.82) is 0 Å². The number of anilines is 1. The van der Waals surface area contributed by atoms with Crippen LogP contribution in [0, 0.1) is 16.0 Å². The lowest BCUT2D eigenvalue weighted by atomic mass is 10.1. The molecule has 0 atom stereocenters. The normalized spacial score (nSPS) is 11.2. The molecule has 0 aliphatic rings. The van der Waals surface area contributed by atoms with Crippen molar-refractivity contribution in [3.63, 3.8) is 0 Å². The Labute approximate surface area is 150 Å². The predicted molar refractivity (Wildman–Crippen MR) is 94.2 cm³/mol. The molecule has 0 aliphatic heterocycles. The Morgan fingerprint density at radius 3 is 2.88 bits per heavy atom. The van der Waals surface area contributed by atoms with Crippen LogP contribution in [-0.4, -0.2) is 25.6 Å². The lowest BCUT2D eigenvalue weighted by Crippen LogP contribution is -2.24. The van der Waals surface area contributed by atoms with Crippen LogP contribution in [0.15, 0.2) is 27.4 Å². The van der Waals surface area contributed by atoms with Gasteiger partial charge in [0.05, 0.1) is 16.5 Å². The van der Waals surface area contributed by atoms with Gasteiger partial charge in [-0.15, -0.1) is 10.2 Å². The number of rotatable bonds is 6. The van der Waals surface area contributed by atoms with Crippen molar-refractivity contribution in [3.05, 3.63) is 43.9 Å². The molecule has 0 unspecified atom stereocenters. The summed E-state index contributed by atoms with van der Waals surface area (Å²) in [5.74, 6) is -0.819. The van der Waals surface area contributed by atoms with Crippen molar-refractivity contribution in [3.8, 4) is 0 Å². The second-order valence-corrected chi connectivity index (χ2v) is 7.07. The number of fused-ring (bicyclic) bond motifs is 1. The van der Waals surface area contributed by atoms with E-state index < -0.39 is 16.6 Å². The Balaban J connectivity index is 1.77. The van der Waals surface area contributed by atoms with Gasteiger partial charge in [-0.25, -0.2) is 4.79 Å². The molecule has 1 aromatic carbocycles. The van der Waals surface area contributed by atoms with Crippen LogP contribution in [-0.2, 0) is 17.8 Å². The number of aromatic nitrogens is 3. The first-order valence-corrected chi connectivity index (χ1v) is 8.55. The molecule has 2 aromatic heterocycles. The van der Waals surface area contributed by atoms with Crippen molar-refractivity contribution in [1.82, 2.24) is 14.8 Å². The van der Waals surface area contributed by atoms with Gasteiger partial charge < -0.3 is 4.42 Å². The van der Waals surface area contributed by atoms with Crippen molar-refractivity contribution in [2.75, 3.05) is 5.32 Å². The van der Waals surface area contributed by atoms with E-state index in [2.05, 4.69) is 29.4 Å². The smallest absolute Gasteiger partial charge is 0.407 e. The molecule has 0 bridgehead atoms. The summed E-state index contributed by atoms with van der Waals surface area (Å²) in [5, 5.41) is 22.5. The number of nitro groups is 1. The molecule has 0 saturated heterocycles. The number of carbonyl (C=O) groups excluding carboxylic acids is 1. The summed E-state index contributed by atoms with van der Waals surface area (Å²) in [6, 6.07) is 3.76. The summed E-state index contributed by atoms with van der Waals surface area (Å²) in [5.41, 5.74) is 0.148. The molecule has 3 aromatic rings. The number of nitro benzene ring substituents is 1. The molecular weight excluding hydrogens is 362 g/mol. The van der Waals surface area contributed by atoms with E-state index in [1.165, 1.54) is 23.5 Å². The van der Waals surface area contributed by atoms with Gasteiger partial charge in [-0.2, -0.15) is 0 Å². The van der Waals surface area contributed by atoms with Gasteiger partial charge in [0, 0.05) is 12.5 Å². The monoisotopic (exact) mass is 377 g/mol. The summed E-state index contributed by atoms with van der Waals surface area (Å²) in [6.45, 7) is 3.81. The third-order valence-electron chi connectivity index (χ3n) is 3.46. The van der Waals surface area contributed by atoms with Crippen LogP contribution in [0.4, 0.5) is 10.8 Å². The second kappa shape index (κ2) is 7.04. The van der Waals surface area contributed by atoms with Crippen LogP contribution in [0.2, 0.25) is 0 Å². The maximum absolute atomic E-state index is 12.2. The highest BCUT2D eigenvalue weighted by Crippen LogP contribution is 2.21. The molecule has 0 saturated carbocycles. The lowest BCUT2D eigenvalue weighted by molar-refractivity contribution is -0.384. The highest BCUT2D eigenvalue weighted by Gasteiger charge is 2.17. The number of carbonyl (C=O) groups is 1. The number of nitrogens with one attached hydrogen (secondary N) is 1. The third-order valence-corrected chi connectivity index (χ3v) is 4.32. The average molecular weight is 377 g/mol. The molecular formula is C15H15N5O5S. The van der Waals surface area contributed by atoms with E-state index in [-0.39, 0.29) is 17.8 Å². The van der Waals surface area contributed by atoms with E-state index in [1.54, 1.807) is 0 Å². The second-order valence-electron chi connectivity index (χ2n) is 6.01. The maximum Gasteiger partial charge on any atom is 0.420 e. The fourth-order valence-corrected chi connectivity index (χ4v) is 3.32. The van der Waals surface area contributed by atoms with Gasteiger partial charge in [0.2, 0.25) is 11.0 Å². The minimum absolute atomic E-state index is 0.0483. The van der Waals surface area contributed by atoms with Gasteiger partial charge in [-0.3, -0.25) is 24.8 Å². The van der Waals surface area contributed by atoms with E-state index in [0.29, 0.717) is 16.6 Å². The Kier molecular flexibility index (Phi) is 4.80. The summed E-state index contributed by atoms with van der Waals surface area (Å²) in [7, 11) is 0. The van der Waals surface area contributed by atoms with Gasteiger partial charge in [-0.1, -0.05) is 25.2 Å². The van der Waals surface area contributed by atoms with E-state index >= 15 is 0 Å². The van der Waals surface area contributed by atoms with Gasteiger partial charge in [0.25, 0.3) is 5.69 Å². The number of oxazole rings is 1. The molecule has 1 N–H and O–H groups in total. The van der Waals surface area contributed by atoms with Crippen LogP contribution in [0.5, 0.6) is 0 Å². The fraction of sp³-hybridized carbons (Fsp3) is 0.333. The highest BCUT2D eigenvalue weighted by molar-refractivity contribution is 7.15. The molecule has 0 fully saturated rings. The summed E-state index contributed by atoms with van der Waals surface area (Å²) in [6.07, 6.45) is 0.762. The van der Waals surface area contributed by atoms with Gasteiger partial charge in [0.1, 0.15) is 11.6 Å². The summed E-state index contributed by atoms with van der Waals surface area (Å²) < 4.78 is 6.09. The first kappa shape index (κ1) is 17.7. The SMILES string of the molecule is CC(C)Cc1nnc(NC(=O)Cn2c(=O)oc3cc([N+](=O)[O-])ccc32)s1. The summed E-state index contributed by atoms with van der Waals surface area (Å²) in [4.78, 5) is 34.4. The fourth-order valence-electron chi connectivity index (χ4n) is 2.36. The first-order chi connectivity index (χ1) is 12.3. The van der Waals surface area contributed by atoms with E-state index in [9.17, 15) is 19.7 Å². The number of hydrogen-bond acceptors (Lipinski definition) is 8. The zero-order valence-electron chi connectivity index (χ0n) is 14.0. The maximum atomic E-state index is 12.2. The Bertz CT molecular complexity index is 1030. The standard InChI is InChI=1S/C15H15N5O5S/c1-8(2)5-13-17-18-14(26-13)16-12(21)7-19-10-4-3-9(20(23)24)6-11(10)25-15(19)22/h3-4,6,8H,5,7H2,1-2H3,(H,16,18,21). The Morgan fingerprint density at radius 1 is 1.42 bits per heavy atom. The first-order valence-electron chi connectivity index (χ1n) is 7.73. The van der Waals surface area contributed by atoms with Crippen molar-refractivity contribution < 1.29 is 14.1 Å². The molecule has 26 heavy (non-hydrogen) atoms. The zero-order chi connectivity index (χ0) is 18.8. The number of benzene rings is 1. The number of nitrogens with zero attached hydrogens (tertiary/aromatic N) is 4. The Hall–Kier alpha value is -3.08. The van der Waals surface area contributed by atoms with Crippen molar-refractivity contribution in [2.45, 2.75) is 26.8 Å². The molecule has 11 heteroatoms. The minimum Gasteiger partial charge on any atom is -0.407 e. The average Bonchev–Trinajstić information content (AvgIpc) is 3.10. The van der Waals surface area contributed by atoms with Gasteiger partial charge in [0.15, 0.2) is 5.58 Å². The third kappa shape index (κ3) is 3.77. The number of hydrogen-bond donors (Lipinski definition) is 1. The van der Waals surface area contributed by atoms with Gasteiger partial charge in [-0.05, 0) is 12.0 Å². The van der Waals surface area contributed by atoms with Crippen LogP contribution < -0.4 is 11.1 Å². The van der Waals surface area contributed by atoms with E-state index in [0.717, 1.165) is 22.1 Å². The summed E-state index contributed by atoms with van der Waals surface area (Å²) >= 11 is 1.28. The van der Waals surface area contributed by atoms with Gasteiger partial charge >= 0.3 is 5.76 Å². The van der Waals surface area contributed by atoms with Crippen LogP contribution in [0.3, 0.4) is 0 Å². The van der Waals surface area contributed by atoms with E-state index in [4.69, 9.17) is 4.42 Å². The molecule has 1 amide bonds. The molecule has 3 rings (SSSR count). The largest absolute Gasteiger partial charge is 0.420 e. The molecule has 0 radical (unpaired) electrons. The molecule has 136 valence electrons. The van der Waals surface area contributed by atoms with Crippen molar-refractivity contribution in [2.24, 2.45) is 5.92 Å². The van der Waals surface area contributed by atoms with Crippen LogP contribution in [0.25, 0.3) is 11.1 Å². The Morgan fingerprint density at radius 2 is 2.19 bits per heavy atom. The molecule has 0 spiro atoms. The lowest BCUT2D eigenvalue weighted by Gasteiger charge is -2.02. The quantitative estimate of drug-likeness (QED) is 0.514. The van der Waals surface area contributed by atoms with E-state index in [1.807, 2.05) is 0 Å². The zero-order valence-corrected chi connectivity index (χ0v) is 14.8. The number of non-ortho nitro benzene ring substituents is 1. The number of amides is 1. The predicted octanol–water partition coefficient (Wildman–Crippen LogP) is 2.19. The van der Waals surface area contributed by atoms with Crippen molar-refractivity contribution >= 4 is 39.2 Å². The topological polar surface area (TPSA) is 133 Å². The molecule has 10 nitrogen and oxygen atoms in total. The molecule has 2 heterocycles. The molecule has 0 aliphatic carbocycles. The van der Waals surface area contributed by atoms with Crippen LogP contribution >= 0.6 is 11.3 Å². The highest BCUT2D eigenvalue weighted by atomic mass is 32.1. The minimum atomic E-state index is -0.770.